The molecule has 0 aromatic heterocycles. The number of aliphatic hydroxyl groups is 1. The van der Waals surface area contributed by atoms with Crippen molar-refractivity contribution in [1.29, 1.82) is 0 Å². The van der Waals surface area contributed by atoms with E-state index in [9.17, 15) is 9.90 Å². The number of halogens is 1. The molecule has 2 aromatic carbocycles. The Morgan fingerprint density at radius 2 is 1.76 bits per heavy atom. The van der Waals surface area contributed by atoms with Crippen LogP contribution in [0.2, 0.25) is 5.02 Å². The van der Waals surface area contributed by atoms with Gasteiger partial charge in [0.1, 0.15) is 0 Å². The van der Waals surface area contributed by atoms with Gasteiger partial charge in [-0.25, -0.2) is 5.43 Å². The van der Waals surface area contributed by atoms with Crippen LogP contribution < -0.4 is 5.43 Å². The summed E-state index contributed by atoms with van der Waals surface area (Å²) in [6.45, 7) is 1.76. The normalized spacial score (nSPS) is 12.8. The lowest BCUT2D eigenvalue weighted by Crippen LogP contribution is -2.26. The van der Waals surface area contributed by atoms with Gasteiger partial charge < -0.3 is 5.11 Å². The van der Waals surface area contributed by atoms with Crippen LogP contribution in [0.5, 0.6) is 0 Å². The molecule has 0 saturated carbocycles. The summed E-state index contributed by atoms with van der Waals surface area (Å²) in [6, 6.07) is 15.8. The Hall–Kier alpha value is -2.17. The van der Waals surface area contributed by atoms with Crippen LogP contribution in [0.1, 0.15) is 24.2 Å². The van der Waals surface area contributed by atoms with Gasteiger partial charge in [0.15, 0.2) is 6.10 Å². The van der Waals surface area contributed by atoms with Crippen LogP contribution in [0.25, 0.3) is 0 Å². The van der Waals surface area contributed by atoms with Crippen molar-refractivity contribution in [2.24, 2.45) is 5.10 Å². The maximum atomic E-state index is 11.8. The minimum Gasteiger partial charge on any atom is -0.378 e. The highest BCUT2D eigenvalue weighted by molar-refractivity contribution is 6.30. The zero-order valence-corrected chi connectivity index (χ0v) is 12.2. The third-order valence-electron chi connectivity index (χ3n) is 2.96. The molecule has 2 rings (SSSR count). The van der Waals surface area contributed by atoms with Gasteiger partial charge in [-0.15, -0.1) is 0 Å². The zero-order valence-electron chi connectivity index (χ0n) is 11.5. The first-order valence-corrected chi connectivity index (χ1v) is 6.79. The van der Waals surface area contributed by atoms with Crippen molar-refractivity contribution in [3.63, 3.8) is 0 Å². The molecule has 0 radical (unpaired) electrons. The van der Waals surface area contributed by atoms with Gasteiger partial charge >= 0.3 is 0 Å². The molecule has 1 amide bonds. The van der Waals surface area contributed by atoms with Crippen molar-refractivity contribution in [3.8, 4) is 0 Å². The molecule has 0 aliphatic carbocycles. The second-order valence-corrected chi connectivity index (χ2v) is 4.93. The SMILES string of the molecule is C/C(=N/NC(=O)[C@H](O)c1ccccc1)c1ccc(Cl)cc1. The van der Waals surface area contributed by atoms with Crippen LogP contribution in [0, 0.1) is 0 Å². The smallest absolute Gasteiger partial charge is 0.273 e. The fourth-order valence-electron chi connectivity index (χ4n) is 1.74. The van der Waals surface area contributed by atoms with E-state index < -0.39 is 12.0 Å². The molecule has 2 N–H and O–H groups in total. The fraction of sp³-hybridized carbons (Fsp3) is 0.125. The number of nitrogens with zero attached hydrogens (tertiary/aromatic N) is 1. The Morgan fingerprint density at radius 1 is 1.14 bits per heavy atom. The second kappa shape index (κ2) is 7.02. The summed E-state index contributed by atoms with van der Waals surface area (Å²) in [6.07, 6.45) is -1.24. The van der Waals surface area contributed by atoms with E-state index in [0.29, 0.717) is 16.3 Å². The minimum absolute atomic E-state index is 0.523. The molecule has 1 atom stereocenters. The highest BCUT2D eigenvalue weighted by atomic mass is 35.5. The van der Waals surface area contributed by atoms with E-state index in [0.717, 1.165) is 5.56 Å². The van der Waals surface area contributed by atoms with Crippen LogP contribution in [-0.2, 0) is 4.79 Å². The van der Waals surface area contributed by atoms with E-state index in [-0.39, 0.29) is 0 Å². The second-order valence-electron chi connectivity index (χ2n) is 4.49. The van der Waals surface area contributed by atoms with E-state index in [1.54, 1.807) is 55.5 Å². The van der Waals surface area contributed by atoms with Crippen molar-refractivity contribution in [2.75, 3.05) is 0 Å². The molecule has 5 heteroatoms. The minimum atomic E-state index is -1.24. The average Bonchev–Trinajstić information content (AvgIpc) is 2.53. The number of carbonyl (C=O) groups is 1. The molecule has 0 fully saturated rings. The third-order valence-corrected chi connectivity index (χ3v) is 3.21. The predicted molar refractivity (Wildman–Crippen MR) is 83.2 cm³/mol. The lowest BCUT2D eigenvalue weighted by Gasteiger charge is -2.09. The van der Waals surface area contributed by atoms with Gasteiger partial charge in [-0.3, -0.25) is 4.79 Å². The van der Waals surface area contributed by atoms with Crippen LogP contribution >= 0.6 is 11.6 Å². The van der Waals surface area contributed by atoms with Crippen molar-refractivity contribution in [3.05, 3.63) is 70.7 Å². The number of nitrogens with one attached hydrogen (secondary N) is 1. The molecule has 0 heterocycles. The first-order chi connectivity index (χ1) is 10.1. The number of benzene rings is 2. The Kier molecular flexibility index (Phi) is 5.09. The molecule has 2 aromatic rings. The third kappa shape index (κ3) is 4.15. The Bertz CT molecular complexity index is 639. The lowest BCUT2D eigenvalue weighted by atomic mass is 10.1. The maximum absolute atomic E-state index is 11.8. The van der Waals surface area contributed by atoms with Gasteiger partial charge in [-0.1, -0.05) is 54.1 Å². The average molecular weight is 303 g/mol. The Labute approximate surface area is 128 Å². The first-order valence-electron chi connectivity index (χ1n) is 6.41. The van der Waals surface area contributed by atoms with Gasteiger partial charge in [0, 0.05) is 5.02 Å². The van der Waals surface area contributed by atoms with E-state index in [1.807, 2.05) is 6.07 Å². The predicted octanol–water partition coefficient (Wildman–Crippen LogP) is 2.91. The van der Waals surface area contributed by atoms with Crippen LogP contribution in [0.4, 0.5) is 0 Å². The van der Waals surface area contributed by atoms with E-state index in [2.05, 4.69) is 10.5 Å². The zero-order chi connectivity index (χ0) is 15.2. The van der Waals surface area contributed by atoms with Gasteiger partial charge in [-0.2, -0.15) is 5.10 Å². The monoisotopic (exact) mass is 302 g/mol. The molecule has 0 aliphatic heterocycles. The molecular formula is C16H15ClN2O2. The molecule has 21 heavy (non-hydrogen) atoms. The number of hydrogen-bond acceptors (Lipinski definition) is 3. The van der Waals surface area contributed by atoms with Crippen molar-refractivity contribution in [2.45, 2.75) is 13.0 Å². The summed E-state index contributed by atoms with van der Waals surface area (Å²) < 4.78 is 0. The summed E-state index contributed by atoms with van der Waals surface area (Å²) in [5, 5.41) is 14.5. The van der Waals surface area contributed by atoms with Crippen molar-refractivity contribution < 1.29 is 9.90 Å². The molecule has 0 saturated heterocycles. The highest BCUT2D eigenvalue weighted by Crippen LogP contribution is 2.12. The molecule has 0 spiro atoms. The topological polar surface area (TPSA) is 61.7 Å². The number of carbonyl (C=O) groups excluding carboxylic acids is 1. The van der Waals surface area contributed by atoms with Gasteiger partial charge in [0.2, 0.25) is 0 Å². The summed E-state index contributed by atoms with van der Waals surface area (Å²) >= 11 is 5.81. The standard InChI is InChI=1S/C16H15ClN2O2/c1-11(12-7-9-14(17)10-8-12)18-19-16(21)15(20)13-5-3-2-4-6-13/h2-10,15,20H,1H3,(H,19,21)/b18-11-/t15-/m1/s1. The van der Waals surface area contributed by atoms with E-state index >= 15 is 0 Å². The number of hydrazone groups is 1. The summed E-state index contributed by atoms with van der Waals surface area (Å²) in [7, 11) is 0. The van der Waals surface area contributed by atoms with E-state index in [4.69, 9.17) is 11.6 Å². The molecule has 4 nitrogen and oxygen atoms in total. The molecule has 108 valence electrons. The van der Waals surface area contributed by atoms with Crippen LogP contribution in [-0.4, -0.2) is 16.7 Å². The number of rotatable bonds is 4. The quantitative estimate of drug-likeness (QED) is 0.674. The largest absolute Gasteiger partial charge is 0.378 e. The van der Waals surface area contributed by atoms with Crippen LogP contribution in [0.3, 0.4) is 0 Å². The van der Waals surface area contributed by atoms with Gasteiger partial charge in [-0.05, 0) is 30.2 Å². The maximum Gasteiger partial charge on any atom is 0.273 e. The molecular weight excluding hydrogens is 288 g/mol. The number of hydrogen-bond donors (Lipinski definition) is 2. The fourth-order valence-corrected chi connectivity index (χ4v) is 1.87. The summed E-state index contributed by atoms with van der Waals surface area (Å²) in [5.41, 5.74) is 4.35. The summed E-state index contributed by atoms with van der Waals surface area (Å²) in [5.74, 6) is -0.575. The highest BCUT2D eigenvalue weighted by Gasteiger charge is 2.16. The van der Waals surface area contributed by atoms with Crippen LogP contribution in [0.15, 0.2) is 59.7 Å². The Balaban J connectivity index is 2.03. The number of amides is 1. The first kappa shape index (κ1) is 15.2. The molecule has 0 aliphatic rings. The number of aliphatic hydroxyl groups excluding tert-OH is 1. The van der Waals surface area contributed by atoms with E-state index in [1.165, 1.54) is 0 Å². The Morgan fingerprint density at radius 3 is 2.38 bits per heavy atom. The van der Waals surface area contributed by atoms with Gasteiger partial charge in [0.05, 0.1) is 5.71 Å². The summed E-state index contributed by atoms with van der Waals surface area (Å²) in [4.78, 5) is 11.8. The lowest BCUT2D eigenvalue weighted by molar-refractivity contribution is -0.129. The van der Waals surface area contributed by atoms with Crippen molar-refractivity contribution in [1.82, 2.24) is 5.43 Å². The molecule has 0 bridgehead atoms. The van der Waals surface area contributed by atoms with Gasteiger partial charge in [0.25, 0.3) is 5.91 Å². The van der Waals surface area contributed by atoms with Crippen molar-refractivity contribution >= 4 is 23.2 Å². The molecule has 0 unspecified atom stereocenters.